The van der Waals surface area contributed by atoms with Crippen LogP contribution in [0.2, 0.25) is 0 Å². The number of aromatic hydroxyl groups is 2. The van der Waals surface area contributed by atoms with Crippen LogP contribution in [0.5, 0.6) is 11.5 Å². The first-order valence-electron chi connectivity index (χ1n) is 6.46. The maximum atomic E-state index is 11.9. The molecule has 0 bridgehead atoms. The number of rotatable bonds is 4. The summed E-state index contributed by atoms with van der Waals surface area (Å²) < 4.78 is 5.19. The van der Waals surface area contributed by atoms with E-state index in [0.717, 1.165) is 0 Å². The van der Waals surface area contributed by atoms with Crippen molar-refractivity contribution in [2.24, 2.45) is 5.73 Å². The second-order valence-corrected chi connectivity index (χ2v) is 4.71. The van der Waals surface area contributed by atoms with Crippen LogP contribution < -0.4 is 11.2 Å². The molecule has 1 atom stereocenters. The number of hydrogen-bond donors (Lipinski definition) is 4. The number of nitrogens with two attached hydrogens (primary N) is 1. The molecule has 1 fully saturated rings. The Balaban J connectivity index is 1.88. The first-order chi connectivity index (χ1) is 9.56. The zero-order valence-corrected chi connectivity index (χ0v) is 11.1. The molecule has 0 spiro atoms. The average Bonchev–Trinajstić information content (AvgIpc) is 2.44. The standard InChI is InChI=1S/C13H19N3O4/c14-10(7-9-1-2-11(17)12(18)8-9)13(19)15-16-3-5-20-6-4-16/h1-2,8,10,17-18H,3-7,14H2,(H,15,19)/t10-/m0/s1. The lowest BCUT2D eigenvalue weighted by atomic mass is 10.1. The Morgan fingerprint density at radius 3 is 2.70 bits per heavy atom. The lowest BCUT2D eigenvalue weighted by molar-refractivity contribution is -0.129. The lowest BCUT2D eigenvalue weighted by Crippen LogP contribution is -2.53. The van der Waals surface area contributed by atoms with E-state index in [1.54, 1.807) is 11.1 Å². The molecule has 0 aromatic heterocycles. The molecular formula is C13H19N3O4. The van der Waals surface area contributed by atoms with E-state index in [2.05, 4.69) is 5.43 Å². The molecule has 1 aliphatic rings. The van der Waals surface area contributed by atoms with Gasteiger partial charge < -0.3 is 20.7 Å². The third kappa shape index (κ3) is 3.83. The van der Waals surface area contributed by atoms with Gasteiger partial charge in [0, 0.05) is 13.1 Å². The fourth-order valence-electron chi connectivity index (χ4n) is 1.96. The molecule has 1 saturated heterocycles. The van der Waals surface area contributed by atoms with Crippen molar-refractivity contribution >= 4 is 5.91 Å². The van der Waals surface area contributed by atoms with Gasteiger partial charge in [-0.25, -0.2) is 5.01 Å². The molecule has 2 rings (SSSR count). The first-order valence-corrected chi connectivity index (χ1v) is 6.46. The number of hydrogen-bond acceptors (Lipinski definition) is 6. The van der Waals surface area contributed by atoms with Gasteiger partial charge in [-0.05, 0) is 24.1 Å². The van der Waals surface area contributed by atoms with Crippen molar-refractivity contribution in [3.05, 3.63) is 23.8 Å². The van der Waals surface area contributed by atoms with Crippen molar-refractivity contribution in [1.29, 1.82) is 0 Å². The third-order valence-corrected chi connectivity index (χ3v) is 3.11. The number of ether oxygens (including phenoxy) is 1. The van der Waals surface area contributed by atoms with Crippen LogP contribution in [0.4, 0.5) is 0 Å². The Kier molecular flexibility index (Phi) is 4.78. The predicted molar refractivity (Wildman–Crippen MR) is 72.0 cm³/mol. The van der Waals surface area contributed by atoms with Crippen molar-refractivity contribution in [3.8, 4) is 11.5 Å². The van der Waals surface area contributed by atoms with Gasteiger partial charge in [0.15, 0.2) is 11.5 Å². The summed E-state index contributed by atoms with van der Waals surface area (Å²) in [5, 5.41) is 20.4. The van der Waals surface area contributed by atoms with Crippen LogP contribution in [-0.4, -0.2) is 53.5 Å². The number of phenolic OH excluding ortho intramolecular Hbond substituents is 2. The Morgan fingerprint density at radius 2 is 2.05 bits per heavy atom. The van der Waals surface area contributed by atoms with Gasteiger partial charge in [-0.15, -0.1) is 0 Å². The fourth-order valence-corrected chi connectivity index (χ4v) is 1.96. The monoisotopic (exact) mass is 281 g/mol. The highest BCUT2D eigenvalue weighted by Crippen LogP contribution is 2.25. The van der Waals surface area contributed by atoms with E-state index < -0.39 is 6.04 Å². The van der Waals surface area contributed by atoms with Crippen molar-refractivity contribution in [3.63, 3.8) is 0 Å². The number of amides is 1. The molecule has 0 aliphatic carbocycles. The van der Waals surface area contributed by atoms with Gasteiger partial charge in [0.2, 0.25) is 0 Å². The minimum atomic E-state index is -0.721. The molecule has 5 N–H and O–H groups in total. The summed E-state index contributed by atoms with van der Waals surface area (Å²) in [4.78, 5) is 11.9. The number of morpholine rings is 1. The summed E-state index contributed by atoms with van der Waals surface area (Å²) in [6.07, 6.45) is 0.282. The van der Waals surface area contributed by atoms with E-state index in [9.17, 15) is 15.0 Å². The molecule has 110 valence electrons. The number of benzene rings is 1. The van der Waals surface area contributed by atoms with E-state index in [0.29, 0.717) is 31.9 Å². The lowest BCUT2D eigenvalue weighted by Gasteiger charge is -2.28. The van der Waals surface area contributed by atoms with Gasteiger partial charge in [0.05, 0.1) is 19.3 Å². The topological polar surface area (TPSA) is 108 Å². The van der Waals surface area contributed by atoms with E-state index in [1.165, 1.54) is 12.1 Å². The molecule has 0 radical (unpaired) electrons. The Bertz CT molecular complexity index is 475. The minimum Gasteiger partial charge on any atom is -0.504 e. The summed E-state index contributed by atoms with van der Waals surface area (Å²) in [6.45, 7) is 2.44. The average molecular weight is 281 g/mol. The van der Waals surface area contributed by atoms with Crippen LogP contribution in [-0.2, 0) is 16.0 Å². The largest absolute Gasteiger partial charge is 0.504 e. The highest BCUT2D eigenvalue weighted by molar-refractivity contribution is 5.81. The van der Waals surface area contributed by atoms with Crippen molar-refractivity contribution in [2.45, 2.75) is 12.5 Å². The van der Waals surface area contributed by atoms with Gasteiger partial charge in [-0.2, -0.15) is 0 Å². The summed E-state index contributed by atoms with van der Waals surface area (Å²) in [7, 11) is 0. The maximum absolute atomic E-state index is 11.9. The van der Waals surface area contributed by atoms with Crippen LogP contribution in [0, 0.1) is 0 Å². The molecule has 7 heteroatoms. The van der Waals surface area contributed by atoms with E-state index in [4.69, 9.17) is 10.5 Å². The molecule has 20 heavy (non-hydrogen) atoms. The molecular weight excluding hydrogens is 262 g/mol. The molecule has 0 unspecified atom stereocenters. The van der Waals surface area contributed by atoms with Gasteiger partial charge >= 0.3 is 0 Å². The van der Waals surface area contributed by atoms with Gasteiger partial charge in [0.25, 0.3) is 5.91 Å². The molecule has 1 aromatic carbocycles. The molecule has 1 aliphatic heterocycles. The molecule has 1 heterocycles. The van der Waals surface area contributed by atoms with Gasteiger partial charge in [-0.1, -0.05) is 6.07 Å². The quantitative estimate of drug-likeness (QED) is 0.545. The normalized spacial score (nSPS) is 17.6. The third-order valence-electron chi connectivity index (χ3n) is 3.11. The minimum absolute atomic E-state index is 0.194. The molecule has 0 saturated carbocycles. The van der Waals surface area contributed by atoms with E-state index >= 15 is 0 Å². The Labute approximate surface area is 116 Å². The molecule has 7 nitrogen and oxygen atoms in total. The van der Waals surface area contributed by atoms with Crippen LogP contribution >= 0.6 is 0 Å². The highest BCUT2D eigenvalue weighted by Gasteiger charge is 2.19. The zero-order chi connectivity index (χ0) is 14.5. The second-order valence-electron chi connectivity index (χ2n) is 4.71. The Morgan fingerprint density at radius 1 is 1.35 bits per heavy atom. The summed E-state index contributed by atoms with van der Waals surface area (Å²) >= 11 is 0. The van der Waals surface area contributed by atoms with Crippen LogP contribution in [0.25, 0.3) is 0 Å². The van der Waals surface area contributed by atoms with Gasteiger partial charge in [0.1, 0.15) is 0 Å². The van der Waals surface area contributed by atoms with E-state index in [1.807, 2.05) is 0 Å². The Hall–Kier alpha value is -1.83. The van der Waals surface area contributed by atoms with Crippen molar-refractivity contribution in [1.82, 2.24) is 10.4 Å². The summed E-state index contributed by atoms with van der Waals surface area (Å²) in [5.41, 5.74) is 9.27. The number of phenols is 2. The number of nitrogens with zero attached hydrogens (tertiary/aromatic N) is 1. The van der Waals surface area contributed by atoms with Crippen molar-refractivity contribution < 1.29 is 19.7 Å². The number of carbonyl (C=O) groups excluding carboxylic acids is 1. The number of nitrogens with one attached hydrogen (secondary N) is 1. The summed E-state index contributed by atoms with van der Waals surface area (Å²) in [5.74, 6) is -0.692. The van der Waals surface area contributed by atoms with Gasteiger partial charge in [-0.3, -0.25) is 10.2 Å². The summed E-state index contributed by atoms with van der Waals surface area (Å²) in [6, 6.07) is 3.67. The molecule has 1 aromatic rings. The molecule has 1 amide bonds. The fraction of sp³-hybridized carbons (Fsp3) is 0.462. The highest BCUT2D eigenvalue weighted by atomic mass is 16.5. The van der Waals surface area contributed by atoms with Crippen LogP contribution in [0.15, 0.2) is 18.2 Å². The number of carbonyl (C=O) groups is 1. The van der Waals surface area contributed by atoms with E-state index in [-0.39, 0.29) is 23.8 Å². The van der Waals surface area contributed by atoms with Crippen LogP contribution in [0.3, 0.4) is 0 Å². The van der Waals surface area contributed by atoms with Crippen molar-refractivity contribution in [2.75, 3.05) is 26.3 Å². The zero-order valence-electron chi connectivity index (χ0n) is 11.1. The van der Waals surface area contributed by atoms with Crippen LogP contribution in [0.1, 0.15) is 5.56 Å². The smallest absolute Gasteiger partial charge is 0.251 e. The second kappa shape index (κ2) is 6.56. The first kappa shape index (κ1) is 14.6. The SMILES string of the molecule is N[C@@H](Cc1ccc(O)c(O)c1)C(=O)NN1CCOCC1. The maximum Gasteiger partial charge on any atom is 0.251 e. The predicted octanol–water partition coefficient (Wildman–Crippen LogP) is -0.669. The number of hydrazine groups is 1.